The first-order valence-electron chi connectivity index (χ1n) is 8.87. The predicted molar refractivity (Wildman–Crippen MR) is 103 cm³/mol. The molecule has 8 heteroatoms. The fourth-order valence-electron chi connectivity index (χ4n) is 3.24. The number of carbonyl (C=O) groups excluding carboxylic acids is 1. The summed E-state index contributed by atoms with van der Waals surface area (Å²) in [5, 5.41) is 0. The maximum absolute atomic E-state index is 14.4. The van der Waals surface area contributed by atoms with Crippen molar-refractivity contribution in [3.05, 3.63) is 29.1 Å². The molecule has 0 spiro atoms. The number of halogens is 1. The lowest BCUT2D eigenvalue weighted by Crippen LogP contribution is -2.31. The Morgan fingerprint density at radius 3 is 2.62 bits per heavy atom. The predicted octanol–water partition coefficient (Wildman–Crippen LogP) is 3.10. The maximum Gasteiger partial charge on any atom is 0.265 e. The monoisotopic (exact) mass is 400 g/mol. The molecule has 1 aromatic carbocycles. The van der Waals surface area contributed by atoms with E-state index in [-0.39, 0.29) is 5.56 Å². The van der Waals surface area contributed by atoms with E-state index in [2.05, 4.69) is 15.3 Å². The van der Waals surface area contributed by atoms with Gasteiger partial charge in [0.1, 0.15) is 22.6 Å². The molecule has 1 aliphatic carbocycles. The average molecular weight is 401 g/mol. The van der Waals surface area contributed by atoms with Gasteiger partial charge in [0.15, 0.2) is 0 Å². The first-order valence-corrected chi connectivity index (χ1v) is 11.6. The zero-order valence-corrected chi connectivity index (χ0v) is 16.8. The smallest absolute Gasteiger partial charge is 0.265 e. The summed E-state index contributed by atoms with van der Waals surface area (Å²) in [5.41, 5.74) is 0.822. The summed E-state index contributed by atoms with van der Waals surface area (Å²) in [6.07, 6.45) is 7.63. The molecule has 2 fully saturated rings. The molecule has 1 aliphatic heterocycles. The van der Waals surface area contributed by atoms with Gasteiger partial charge in [-0.15, -0.1) is 0 Å². The molecule has 1 saturated heterocycles. The molecule has 1 atom stereocenters. The second-order valence-corrected chi connectivity index (χ2v) is 8.89. The summed E-state index contributed by atoms with van der Waals surface area (Å²) in [4.78, 5) is 12.1. The van der Waals surface area contributed by atoms with E-state index in [1.807, 2.05) is 0 Å². The molecule has 1 N–H and O–H groups in total. The zero-order valence-electron chi connectivity index (χ0n) is 15.1. The van der Waals surface area contributed by atoms with Crippen molar-refractivity contribution in [1.29, 1.82) is 0 Å². The van der Waals surface area contributed by atoms with Crippen LogP contribution in [0.1, 0.15) is 47.5 Å². The third kappa shape index (κ3) is 4.98. The van der Waals surface area contributed by atoms with E-state index in [9.17, 15) is 13.4 Å². The van der Waals surface area contributed by atoms with Gasteiger partial charge >= 0.3 is 0 Å². The van der Waals surface area contributed by atoms with Crippen molar-refractivity contribution in [2.75, 3.05) is 32.2 Å². The molecule has 26 heavy (non-hydrogen) atoms. The van der Waals surface area contributed by atoms with Crippen molar-refractivity contribution < 1.29 is 18.1 Å². The fourth-order valence-corrected chi connectivity index (χ4v) is 4.18. The fraction of sp³-hybridized carbons (Fsp3) is 0.611. The van der Waals surface area contributed by atoms with E-state index < -0.39 is 22.7 Å². The quantitative estimate of drug-likeness (QED) is 0.713. The number of carbonyl (C=O) groups is 1. The van der Waals surface area contributed by atoms with E-state index in [0.29, 0.717) is 24.2 Å². The largest absolute Gasteiger partial charge is 0.493 e. The molecule has 0 aromatic heterocycles. The van der Waals surface area contributed by atoms with Gasteiger partial charge in [-0.2, -0.15) is 0 Å². The summed E-state index contributed by atoms with van der Waals surface area (Å²) in [6, 6.07) is 2.89. The van der Waals surface area contributed by atoms with Crippen molar-refractivity contribution in [2.24, 2.45) is 5.92 Å². The number of nitrogens with one attached hydrogen (secondary N) is 1. The SMILES string of the molecule is CSN1CCC(COc2cc(F)c(C(=O)NS(C)=O)cc2C2CC2)CC1. The molecule has 1 aromatic rings. The number of piperidine rings is 1. The van der Waals surface area contributed by atoms with Crippen LogP contribution >= 0.6 is 11.9 Å². The minimum Gasteiger partial charge on any atom is -0.493 e. The molecule has 3 rings (SSSR count). The number of hydrogen-bond acceptors (Lipinski definition) is 5. The third-order valence-electron chi connectivity index (χ3n) is 4.90. The van der Waals surface area contributed by atoms with Gasteiger partial charge < -0.3 is 4.74 Å². The average Bonchev–Trinajstić information content (AvgIpc) is 3.44. The second kappa shape index (κ2) is 8.71. The zero-order chi connectivity index (χ0) is 18.7. The van der Waals surface area contributed by atoms with Crippen molar-refractivity contribution in [3.63, 3.8) is 0 Å². The second-order valence-electron chi connectivity index (χ2n) is 6.90. The van der Waals surface area contributed by atoms with Crippen LogP contribution in [0.2, 0.25) is 0 Å². The van der Waals surface area contributed by atoms with Crippen LogP contribution in [0.15, 0.2) is 12.1 Å². The Morgan fingerprint density at radius 1 is 1.35 bits per heavy atom. The lowest BCUT2D eigenvalue weighted by Gasteiger charge is -2.30. The van der Waals surface area contributed by atoms with Crippen molar-refractivity contribution in [1.82, 2.24) is 9.03 Å². The summed E-state index contributed by atoms with van der Waals surface area (Å²) >= 11 is 1.77. The highest BCUT2D eigenvalue weighted by Crippen LogP contribution is 2.45. The first-order chi connectivity index (χ1) is 12.5. The Balaban J connectivity index is 1.70. The van der Waals surface area contributed by atoms with Gasteiger partial charge in [0, 0.05) is 25.4 Å². The first kappa shape index (κ1) is 19.6. The normalized spacial score (nSPS) is 20.0. The van der Waals surface area contributed by atoms with Crippen LogP contribution < -0.4 is 9.46 Å². The maximum atomic E-state index is 14.4. The van der Waals surface area contributed by atoms with E-state index in [4.69, 9.17) is 4.74 Å². The van der Waals surface area contributed by atoms with Crippen LogP contribution in [0.3, 0.4) is 0 Å². The number of ether oxygens (including phenoxy) is 1. The summed E-state index contributed by atoms with van der Waals surface area (Å²) in [5.74, 6) is 0.0545. The van der Waals surface area contributed by atoms with E-state index in [0.717, 1.165) is 44.3 Å². The molecule has 1 amide bonds. The summed E-state index contributed by atoms with van der Waals surface area (Å²) in [6.45, 7) is 2.67. The highest BCUT2D eigenvalue weighted by molar-refractivity contribution is 7.96. The van der Waals surface area contributed by atoms with Crippen LogP contribution in [0, 0.1) is 11.7 Å². The summed E-state index contributed by atoms with van der Waals surface area (Å²) in [7, 11) is -1.53. The number of rotatable bonds is 7. The molecule has 144 valence electrons. The van der Waals surface area contributed by atoms with Gasteiger partial charge in [-0.3, -0.25) is 13.8 Å². The van der Waals surface area contributed by atoms with Crippen LogP contribution in [0.25, 0.3) is 0 Å². The lowest BCUT2D eigenvalue weighted by atomic mass is 9.99. The lowest BCUT2D eigenvalue weighted by molar-refractivity contribution is 0.0979. The molecule has 0 bridgehead atoms. The van der Waals surface area contributed by atoms with E-state index in [1.54, 1.807) is 18.0 Å². The number of nitrogens with zero attached hydrogens (tertiary/aromatic N) is 1. The molecule has 1 heterocycles. The highest BCUT2D eigenvalue weighted by atomic mass is 32.2. The molecular weight excluding hydrogens is 375 g/mol. The molecular formula is C18H25FN2O3S2. The molecule has 5 nitrogen and oxygen atoms in total. The molecule has 1 saturated carbocycles. The Bertz CT molecular complexity index is 689. The number of hydrogen-bond donors (Lipinski definition) is 1. The summed E-state index contributed by atoms with van der Waals surface area (Å²) < 4.78 is 36.2. The van der Waals surface area contributed by atoms with Gasteiger partial charge in [0.05, 0.1) is 12.2 Å². The molecule has 1 unspecified atom stereocenters. The van der Waals surface area contributed by atoms with Crippen LogP contribution in [0.4, 0.5) is 4.39 Å². The van der Waals surface area contributed by atoms with Crippen molar-refractivity contribution >= 4 is 28.8 Å². The van der Waals surface area contributed by atoms with E-state index in [1.165, 1.54) is 12.3 Å². The van der Waals surface area contributed by atoms with Gasteiger partial charge in [0.25, 0.3) is 5.91 Å². The van der Waals surface area contributed by atoms with Crippen LogP contribution in [-0.2, 0) is 11.0 Å². The molecule has 0 radical (unpaired) electrons. The van der Waals surface area contributed by atoms with Gasteiger partial charge in [0.2, 0.25) is 0 Å². The van der Waals surface area contributed by atoms with Gasteiger partial charge in [-0.05, 0) is 55.4 Å². The Hall–Kier alpha value is -1.12. The van der Waals surface area contributed by atoms with Crippen LogP contribution in [0.5, 0.6) is 5.75 Å². The van der Waals surface area contributed by atoms with Gasteiger partial charge in [-0.1, -0.05) is 11.9 Å². The minimum absolute atomic E-state index is 0.0669. The van der Waals surface area contributed by atoms with E-state index >= 15 is 0 Å². The van der Waals surface area contributed by atoms with Crippen LogP contribution in [-0.4, -0.2) is 46.6 Å². The van der Waals surface area contributed by atoms with Gasteiger partial charge in [-0.25, -0.2) is 8.60 Å². The topological polar surface area (TPSA) is 58.6 Å². The Kier molecular flexibility index (Phi) is 6.58. The number of amides is 1. The third-order valence-corrected chi connectivity index (χ3v) is 6.26. The molecule has 2 aliphatic rings. The Labute approximate surface area is 160 Å². The minimum atomic E-state index is -1.53. The standard InChI is InChI=1S/C18H25FN2O3S2/c1-25-21-7-5-12(6-8-21)11-24-17-10-16(19)15(18(22)20-26(2)23)9-14(17)13-3-4-13/h9-10,12-13H,3-8,11H2,1-2H3,(H,20,22). The highest BCUT2D eigenvalue weighted by Gasteiger charge is 2.30. The Morgan fingerprint density at radius 2 is 2.04 bits per heavy atom. The van der Waals surface area contributed by atoms with Crippen molar-refractivity contribution in [3.8, 4) is 5.75 Å². The van der Waals surface area contributed by atoms with Crippen molar-refractivity contribution in [2.45, 2.75) is 31.6 Å². The number of benzene rings is 1.